The summed E-state index contributed by atoms with van der Waals surface area (Å²) in [6, 6.07) is 10.5. The Labute approximate surface area is 178 Å². The first kappa shape index (κ1) is 22.0. The molecule has 0 aliphatic carbocycles. The number of hydrogen-bond donors (Lipinski definition) is 2. The number of thioether (sulfide) groups is 1. The van der Waals surface area contributed by atoms with Gasteiger partial charge in [0, 0.05) is 62.5 Å². The number of guanidine groups is 1. The number of para-hydroxylation sites is 1. The number of aliphatic imine (C=N–C) groups is 1. The number of nitrogens with zero attached hydrogens (tertiary/aromatic N) is 3. The van der Waals surface area contributed by atoms with Crippen molar-refractivity contribution in [1.82, 2.24) is 19.5 Å². The molecule has 1 aromatic heterocycles. The minimum Gasteiger partial charge on any atom is -0.357 e. The molecular weight excluding hydrogens is 406 g/mol. The van der Waals surface area contributed by atoms with Crippen molar-refractivity contribution in [2.75, 3.05) is 50.0 Å². The van der Waals surface area contributed by atoms with Crippen molar-refractivity contribution in [3.63, 3.8) is 0 Å². The predicted octanol–water partition coefficient (Wildman–Crippen LogP) is 1.97. The Morgan fingerprint density at radius 3 is 2.76 bits per heavy atom. The molecule has 0 spiro atoms. The van der Waals surface area contributed by atoms with Gasteiger partial charge in [0.1, 0.15) is 0 Å². The monoisotopic (exact) mass is 437 g/mol. The maximum atomic E-state index is 12.4. The summed E-state index contributed by atoms with van der Waals surface area (Å²) in [4.78, 5) is 4.59. The third-order valence-corrected chi connectivity index (χ3v) is 7.68. The van der Waals surface area contributed by atoms with Crippen LogP contribution in [0.15, 0.2) is 41.5 Å². The van der Waals surface area contributed by atoms with E-state index in [2.05, 4.69) is 56.7 Å². The zero-order valence-corrected chi connectivity index (χ0v) is 18.6. The van der Waals surface area contributed by atoms with Crippen LogP contribution in [0.5, 0.6) is 0 Å². The molecule has 0 amide bonds. The smallest absolute Gasteiger partial charge is 0.215 e. The van der Waals surface area contributed by atoms with E-state index in [-0.39, 0.29) is 5.75 Å². The number of sulfonamides is 1. The average molecular weight is 438 g/mol. The normalized spacial score (nSPS) is 16.2. The first-order chi connectivity index (χ1) is 14.1. The van der Waals surface area contributed by atoms with E-state index in [4.69, 9.17) is 0 Å². The Balaban J connectivity index is 1.45. The lowest BCUT2D eigenvalue weighted by atomic mass is 10.2. The van der Waals surface area contributed by atoms with Crippen LogP contribution in [0.25, 0.3) is 10.9 Å². The molecule has 2 N–H and O–H groups in total. The molecule has 160 valence electrons. The molecule has 3 rings (SSSR count). The van der Waals surface area contributed by atoms with Crippen molar-refractivity contribution < 1.29 is 8.42 Å². The van der Waals surface area contributed by atoms with Gasteiger partial charge in [0.05, 0.1) is 5.75 Å². The van der Waals surface area contributed by atoms with Gasteiger partial charge < -0.3 is 15.2 Å². The zero-order chi connectivity index (χ0) is 20.5. The second-order valence-corrected chi connectivity index (χ2v) is 10.2. The lowest BCUT2D eigenvalue weighted by molar-refractivity contribution is 0.443. The van der Waals surface area contributed by atoms with Crippen LogP contribution in [0.1, 0.15) is 13.3 Å². The third-order valence-electron chi connectivity index (χ3n) is 4.87. The Morgan fingerprint density at radius 2 is 1.97 bits per heavy atom. The molecule has 1 aliphatic heterocycles. The van der Waals surface area contributed by atoms with Crippen molar-refractivity contribution in [2.45, 2.75) is 19.9 Å². The molecule has 0 unspecified atom stereocenters. The van der Waals surface area contributed by atoms with E-state index in [1.165, 1.54) is 10.9 Å². The third kappa shape index (κ3) is 6.38. The molecule has 0 saturated carbocycles. The van der Waals surface area contributed by atoms with Gasteiger partial charge in [-0.3, -0.25) is 4.99 Å². The van der Waals surface area contributed by atoms with E-state index < -0.39 is 10.0 Å². The Morgan fingerprint density at radius 1 is 1.17 bits per heavy atom. The summed E-state index contributed by atoms with van der Waals surface area (Å²) in [6.45, 7) is 5.93. The van der Waals surface area contributed by atoms with Gasteiger partial charge >= 0.3 is 0 Å². The summed E-state index contributed by atoms with van der Waals surface area (Å²) in [7, 11) is -3.20. The predicted molar refractivity (Wildman–Crippen MR) is 123 cm³/mol. The molecule has 1 aromatic carbocycles. The number of aryl methyl sites for hydroxylation is 1. The standard InChI is InChI=1S/C20H31N5O2S2/c1-2-21-20(23-10-17-29(26,27)25-13-15-28-16-14-25)22-9-5-11-24-12-8-18-6-3-4-7-19(18)24/h3-4,6-8,12H,2,5,9-11,13-17H2,1H3,(H2,21,22,23). The fraction of sp³-hybridized carbons (Fsp3) is 0.550. The molecule has 1 fully saturated rings. The maximum Gasteiger partial charge on any atom is 0.215 e. The van der Waals surface area contributed by atoms with Gasteiger partial charge in [-0.25, -0.2) is 12.7 Å². The highest BCUT2D eigenvalue weighted by Gasteiger charge is 2.23. The quantitative estimate of drug-likeness (QED) is 0.356. The SMILES string of the molecule is CCNC(=NCCCn1ccc2ccccc21)NCCS(=O)(=O)N1CCSCC1. The summed E-state index contributed by atoms with van der Waals surface area (Å²) in [5.74, 6) is 2.53. The fourth-order valence-electron chi connectivity index (χ4n) is 3.36. The van der Waals surface area contributed by atoms with E-state index >= 15 is 0 Å². The van der Waals surface area contributed by atoms with E-state index in [0.717, 1.165) is 31.0 Å². The molecule has 2 aromatic rings. The van der Waals surface area contributed by atoms with Crippen LogP contribution in [0, 0.1) is 0 Å². The average Bonchev–Trinajstić information content (AvgIpc) is 3.15. The van der Waals surface area contributed by atoms with Crippen molar-refractivity contribution in [3.05, 3.63) is 36.5 Å². The topological polar surface area (TPSA) is 78.7 Å². The number of hydrogen-bond acceptors (Lipinski definition) is 4. The van der Waals surface area contributed by atoms with Gasteiger partial charge in [-0.2, -0.15) is 11.8 Å². The maximum absolute atomic E-state index is 12.4. The van der Waals surface area contributed by atoms with Crippen LogP contribution in [0.2, 0.25) is 0 Å². The van der Waals surface area contributed by atoms with Crippen LogP contribution in [-0.4, -0.2) is 73.2 Å². The largest absolute Gasteiger partial charge is 0.357 e. The number of benzene rings is 1. The number of nitrogens with one attached hydrogen (secondary N) is 2. The molecule has 0 bridgehead atoms. The van der Waals surface area contributed by atoms with Crippen molar-refractivity contribution in [2.24, 2.45) is 4.99 Å². The number of fused-ring (bicyclic) bond motifs is 1. The van der Waals surface area contributed by atoms with Crippen LogP contribution in [0.3, 0.4) is 0 Å². The molecule has 2 heterocycles. The number of aromatic nitrogens is 1. The molecule has 1 aliphatic rings. The van der Waals surface area contributed by atoms with Gasteiger partial charge in [-0.1, -0.05) is 18.2 Å². The summed E-state index contributed by atoms with van der Waals surface area (Å²) >= 11 is 1.81. The Hall–Kier alpha value is -1.71. The minimum atomic E-state index is -3.20. The first-order valence-corrected chi connectivity index (χ1v) is 13.0. The fourth-order valence-corrected chi connectivity index (χ4v) is 5.85. The van der Waals surface area contributed by atoms with Crippen LogP contribution >= 0.6 is 11.8 Å². The van der Waals surface area contributed by atoms with Crippen LogP contribution < -0.4 is 10.6 Å². The highest BCUT2D eigenvalue weighted by Crippen LogP contribution is 2.15. The Bertz CT molecular complexity index is 904. The first-order valence-electron chi connectivity index (χ1n) is 10.2. The van der Waals surface area contributed by atoms with E-state index in [1.54, 1.807) is 4.31 Å². The molecule has 0 radical (unpaired) electrons. The van der Waals surface area contributed by atoms with Crippen molar-refractivity contribution in [1.29, 1.82) is 0 Å². The van der Waals surface area contributed by atoms with E-state index in [0.29, 0.717) is 32.1 Å². The second-order valence-electron chi connectivity index (χ2n) is 6.94. The zero-order valence-electron chi connectivity index (χ0n) is 17.0. The lowest BCUT2D eigenvalue weighted by Crippen LogP contribution is -2.44. The highest BCUT2D eigenvalue weighted by molar-refractivity contribution is 7.99. The van der Waals surface area contributed by atoms with Crippen molar-refractivity contribution >= 4 is 38.6 Å². The van der Waals surface area contributed by atoms with Gasteiger partial charge in [-0.15, -0.1) is 0 Å². The number of rotatable bonds is 9. The van der Waals surface area contributed by atoms with E-state index in [1.807, 2.05) is 18.7 Å². The summed E-state index contributed by atoms with van der Waals surface area (Å²) in [5, 5.41) is 7.60. The van der Waals surface area contributed by atoms with Gasteiger partial charge in [0.2, 0.25) is 10.0 Å². The van der Waals surface area contributed by atoms with E-state index in [9.17, 15) is 8.42 Å². The van der Waals surface area contributed by atoms with Crippen LogP contribution in [-0.2, 0) is 16.6 Å². The van der Waals surface area contributed by atoms with Crippen molar-refractivity contribution in [3.8, 4) is 0 Å². The molecule has 29 heavy (non-hydrogen) atoms. The highest BCUT2D eigenvalue weighted by atomic mass is 32.2. The van der Waals surface area contributed by atoms with Gasteiger partial charge in [0.15, 0.2) is 5.96 Å². The van der Waals surface area contributed by atoms with Gasteiger partial charge in [-0.05, 0) is 30.9 Å². The van der Waals surface area contributed by atoms with Gasteiger partial charge in [0.25, 0.3) is 0 Å². The summed E-state index contributed by atoms with van der Waals surface area (Å²) in [6.07, 6.45) is 3.03. The summed E-state index contributed by atoms with van der Waals surface area (Å²) in [5.41, 5.74) is 1.24. The molecule has 9 heteroatoms. The second kappa shape index (κ2) is 10.9. The summed E-state index contributed by atoms with van der Waals surface area (Å²) < 4.78 is 28.7. The lowest BCUT2D eigenvalue weighted by Gasteiger charge is -2.25. The Kier molecular flexibility index (Phi) is 8.26. The molecule has 1 saturated heterocycles. The van der Waals surface area contributed by atoms with Crippen LogP contribution in [0.4, 0.5) is 0 Å². The molecular formula is C20H31N5O2S2. The molecule has 0 atom stereocenters. The molecule has 7 nitrogen and oxygen atoms in total. The minimum absolute atomic E-state index is 0.0947.